The first-order chi connectivity index (χ1) is 13.9. The first-order valence-corrected chi connectivity index (χ1v) is 11.0. The van der Waals surface area contributed by atoms with Crippen LogP contribution >= 0.6 is 0 Å². The van der Waals surface area contributed by atoms with Crippen LogP contribution in [0.1, 0.15) is 68.3 Å². The zero-order valence-corrected chi connectivity index (χ0v) is 18.3. The number of methoxy groups -OCH3 is 1. The van der Waals surface area contributed by atoms with Gasteiger partial charge in [0, 0.05) is 12.8 Å². The number of nitrogens with zero attached hydrogens (tertiary/aromatic N) is 1. The zero-order valence-electron chi connectivity index (χ0n) is 18.3. The number of piperidine rings is 1. The Kier molecular flexibility index (Phi) is 6.52. The topological polar surface area (TPSA) is 64.6 Å². The summed E-state index contributed by atoms with van der Waals surface area (Å²) in [5.74, 6) is 0.186. The van der Waals surface area contributed by atoms with Gasteiger partial charge in [0.1, 0.15) is 5.75 Å². The van der Waals surface area contributed by atoms with Crippen LogP contribution in [0.15, 0.2) is 12.1 Å². The van der Waals surface area contributed by atoms with Gasteiger partial charge >= 0.3 is 5.97 Å². The Balaban J connectivity index is 1.96. The van der Waals surface area contributed by atoms with Crippen LogP contribution in [0.2, 0.25) is 0 Å². The minimum absolute atomic E-state index is 0.0475. The van der Waals surface area contributed by atoms with E-state index in [4.69, 9.17) is 9.47 Å². The van der Waals surface area contributed by atoms with Crippen LogP contribution in [0.4, 0.5) is 5.69 Å². The van der Waals surface area contributed by atoms with E-state index in [1.54, 1.807) is 20.1 Å². The quantitative estimate of drug-likeness (QED) is 0.551. The molecule has 1 aliphatic carbocycles. The summed E-state index contributed by atoms with van der Waals surface area (Å²) in [6.07, 6.45) is 6.52. The largest absolute Gasteiger partial charge is 0.497 e. The predicted molar refractivity (Wildman–Crippen MR) is 113 cm³/mol. The highest BCUT2D eigenvalue weighted by Crippen LogP contribution is 2.46. The average molecular weight is 404 g/mol. The summed E-state index contributed by atoms with van der Waals surface area (Å²) in [7, 11) is 1.57. The van der Waals surface area contributed by atoms with Crippen molar-refractivity contribution >= 4 is 17.6 Å². The molecule has 1 amide bonds. The van der Waals surface area contributed by atoms with Crippen LogP contribution in [0, 0.1) is 6.92 Å². The summed E-state index contributed by atoms with van der Waals surface area (Å²) >= 11 is 0. The number of carbonyl (C=O) groups excluding carboxylic acids is 2. The number of ether oxygens (including phenoxy) is 2. The number of nitrogens with one attached hydrogen (secondary N) is 1. The van der Waals surface area contributed by atoms with Crippen molar-refractivity contribution in [3.63, 3.8) is 0 Å². The maximum atomic E-state index is 13.7. The third-order valence-corrected chi connectivity index (χ3v) is 7.07. The van der Waals surface area contributed by atoms with Gasteiger partial charge in [-0.15, -0.1) is 0 Å². The van der Waals surface area contributed by atoms with Gasteiger partial charge in [-0.1, -0.05) is 0 Å². The minimum Gasteiger partial charge on any atom is -0.497 e. The number of amides is 1. The van der Waals surface area contributed by atoms with Crippen molar-refractivity contribution in [2.45, 2.75) is 64.8 Å². The highest BCUT2D eigenvalue weighted by Gasteiger charge is 2.59. The molecular weight excluding hydrogens is 368 g/mol. The molecule has 3 rings (SSSR count). The summed E-state index contributed by atoms with van der Waals surface area (Å²) in [4.78, 5) is 26.3. The second-order valence-corrected chi connectivity index (χ2v) is 8.40. The maximum absolute atomic E-state index is 13.7. The van der Waals surface area contributed by atoms with Crippen LogP contribution in [-0.4, -0.2) is 55.2 Å². The van der Waals surface area contributed by atoms with Crippen LogP contribution in [0.5, 0.6) is 5.75 Å². The van der Waals surface area contributed by atoms with Gasteiger partial charge in [0.15, 0.2) is 5.54 Å². The van der Waals surface area contributed by atoms with Gasteiger partial charge in [0.2, 0.25) is 0 Å². The van der Waals surface area contributed by atoms with Crippen LogP contribution < -0.4 is 10.1 Å². The fourth-order valence-electron chi connectivity index (χ4n) is 5.23. The number of quaternary nitrogens is 1. The normalized spacial score (nSPS) is 19.7. The number of carbonyl (C=O) groups is 2. The molecule has 160 valence electrons. The summed E-state index contributed by atoms with van der Waals surface area (Å²) in [6.45, 7) is 9.26. The number of likely N-dealkylation sites (N-methyl/N-ethyl adjacent to an activating group) is 1. The molecule has 1 aromatic carbocycles. The molecule has 2 fully saturated rings. The Hall–Kier alpha value is -2.08. The Labute approximate surface area is 174 Å². The SMILES string of the molecule is CCOC(=O)c1cc(OC)cc(C)c1NC(=O)C1([N+]2(CC)CCCCC2)CCC1. The van der Waals surface area contributed by atoms with E-state index < -0.39 is 5.97 Å². The van der Waals surface area contributed by atoms with E-state index >= 15 is 0 Å². The van der Waals surface area contributed by atoms with E-state index in [9.17, 15) is 9.59 Å². The maximum Gasteiger partial charge on any atom is 0.340 e. The monoisotopic (exact) mass is 403 g/mol. The number of aryl methyl sites for hydroxylation is 1. The molecule has 0 atom stereocenters. The number of anilines is 1. The molecule has 6 nitrogen and oxygen atoms in total. The fourth-order valence-corrected chi connectivity index (χ4v) is 5.23. The third-order valence-electron chi connectivity index (χ3n) is 7.07. The van der Waals surface area contributed by atoms with E-state index in [0.717, 1.165) is 48.9 Å². The Morgan fingerprint density at radius 1 is 1.10 bits per heavy atom. The third kappa shape index (κ3) is 3.75. The minimum atomic E-state index is -0.440. The number of rotatable bonds is 7. The number of esters is 1. The zero-order chi connectivity index (χ0) is 21.1. The average Bonchev–Trinajstić information content (AvgIpc) is 2.69. The molecule has 0 radical (unpaired) electrons. The second-order valence-electron chi connectivity index (χ2n) is 8.40. The molecule has 0 aromatic heterocycles. The standard InChI is InChI=1S/C23H34N2O4/c1-5-25(13-8-7-9-14-25)23(11-10-12-23)22(27)24-20-17(3)15-18(28-4)16-19(20)21(26)29-6-2/h15-16H,5-14H2,1-4H3/p+1. The number of likely N-dealkylation sites (tertiary alicyclic amines) is 1. The first kappa shape index (κ1) is 21.6. The molecule has 1 saturated heterocycles. The van der Waals surface area contributed by atoms with E-state index in [-0.39, 0.29) is 18.1 Å². The van der Waals surface area contributed by atoms with Crippen LogP contribution in [0.3, 0.4) is 0 Å². The lowest BCUT2D eigenvalue weighted by atomic mass is 9.71. The molecular formula is C23H35N2O4+. The second kappa shape index (κ2) is 8.74. The predicted octanol–water partition coefficient (Wildman–Crippen LogP) is 4.06. The van der Waals surface area contributed by atoms with Crippen molar-refractivity contribution in [1.82, 2.24) is 0 Å². The molecule has 1 heterocycles. The van der Waals surface area contributed by atoms with Crippen molar-refractivity contribution in [2.24, 2.45) is 0 Å². The van der Waals surface area contributed by atoms with E-state index in [2.05, 4.69) is 12.2 Å². The molecule has 2 aliphatic rings. The fraction of sp³-hybridized carbons (Fsp3) is 0.652. The lowest BCUT2D eigenvalue weighted by Gasteiger charge is -2.57. The first-order valence-electron chi connectivity index (χ1n) is 11.0. The number of hydrogen-bond donors (Lipinski definition) is 1. The van der Waals surface area contributed by atoms with Gasteiger partial charge in [-0.3, -0.25) is 4.79 Å². The molecule has 0 spiro atoms. The van der Waals surface area contributed by atoms with Crippen molar-refractivity contribution < 1.29 is 23.5 Å². The Morgan fingerprint density at radius 2 is 1.79 bits per heavy atom. The Bertz CT molecular complexity index is 764. The van der Waals surface area contributed by atoms with Gasteiger partial charge in [-0.05, 0) is 64.2 Å². The lowest BCUT2D eigenvalue weighted by Crippen LogP contribution is -2.73. The van der Waals surface area contributed by atoms with Crippen molar-refractivity contribution in [1.29, 1.82) is 0 Å². The number of hydrogen-bond acceptors (Lipinski definition) is 4. The molecule has 1 N–H and O–H groups in total. The summed E-state index contributed by atoms with van der Waals surface area (Å²) in [6, 6.07) is 3.50. The molecule has 1 aromatic rings. The molecule has 0 bridgehead atoms. The van der Waals surface area contributed by atoms with Crippen molar-refractivity contribution in [3.05, 3.63) is 23.3 Å². The highest BCUT2D eigenvalue weighted by molar-refractivity contribution is 6.05. The molecule has 0 unspecified atom stereocenters. The molecule has 1 aliphatic heterocycles. The van der Waals surface area contributed by atoms with E-state index in [0.29, 0.717) is 17.0 Å². The van der Waals surface area contributed by atoms with Gasteiger partial charge in [0.05, 0.1) is 44.6 Å². The summed E-state index contributed by atoms with van der Waals surface area (Å²) in [5.41, 5.74) is 1.32. The van der Waals surface area contributed by atoms with Crippen LogP contribution in [0.25, 0.3) is 0 Å². The van der Waals surface area contributed by atoms with Crippen molar-refractivity contribution in [3.8, 4) is 5.75 Å². The smallest absolute Gasteiger partial charge is 0.340 e. The van der Waals surface area contributed by atoms with Crippen LogP contribution in [-0.2, 0) is 9.53 Å². The lowest BCUT2D eigenvalue weighted by molar-refractivity contribution is -0.974. The van der Waals surface area contributed by atoms with Gasteiger partial charge in [-0.2, -0.15) is 0 Å². The highest BCUT2D eigenvalue weighted by atomic mass is 16.5. The summed E-state index contributed by atoms with van der Waals surface area (Å²) < 4.78 is 11.4. The van der Waals surface area contributed by atoms with E-state index in [1.807, 2.05) is 13.0 Å². The van der Waals surface area contributed by atoms with E-state index in [1.165, 1.54) is 19.3 Å². The molecule has 1 saturated carbocycles. The number of benzene rings is 1. The van der Waals surface area contributed by atoms with Gasteiger partial charge in [-0.25, -0.2) is 4.79 Å². The Morgan fingerprint density at radius 3 is 2.31 bits per heavy atom. The van der Waals surface area contributed by atoms with Gasteiger partial charge < -0.3 is 19.3 Å². The van der Waals surface area contributed by atoms with Crippen molar-refractivity contribution in [2.75, 3.05) is 38.7 Å². The molecule has 6 heteroatoms. The molecule has 29 heavy (non-hydrogen) atoms. The summed E-state index contributed by atoms with van der Waals surface area (Å²) in [5, 5.41) is 3.16. The van der Waals surface area contributed by atoms with Gasteiger partial charge in [0.25, 0.3) is 5.91 Å².